The Morgan fingerprint density at radius 2 is 1.89 bits per heavy atom. The molecule has 1 fully saturated rings. The summed E-state index contributed by atoms with van der Waals surface area (Å²) in [6.07, 6.45) is -6.27. The topological polar surface area (TPSA) is 58.9 Å². The van der Waals surface area contributed by atoms with Crippen molar-refractivity contribution in [1.29, 1.82) is 0 Å². The van der Waals surface area contributed by atoms with Crippen LogP contribution >= 0.6 is 0 Å². The number of benzene rings is 1. The Labute approximate surface area is 105 Å². The molecule has 2 N–H and O–H groups in total. The fraction of sp³-hybridized carbons (Fsp3) is 0.538. The molecule has 0 aromatic heterocycles. The van der Waals surface area contributed by atoms with E-state index in [-0.39, 0.29) is 6.61 Å². The standard InChI is InChI=1S/C13H17FO4/c1-8-11(15)12(16)10(14)13(18-8)17-7-9-5-3-2-4-6-9/h2-6,8,10-13,15-16H,7H2,1H3. The van der Waals surface area contributed by atoms with Crippen molar-refractivity contribution in [2.75, 3.05) is 0 Å². The molecule has 1 aliphatic heterocycles. The predicted octanol–water partition coefficient (Wildman–Crippen LogP) is 1.01. The normalized spacial score (nSPS) is 36.6. The van der Waals surface area contributed by atoms with Crippen molar-refractivity contribution in [3.05, 3.63) is 35.9 Å². The first-order valence-electron chi connectivity index (χ1n) is 5.91. The molecule has 5 heteroatoms. The van der Waals surface area contributed by atoms with Gasteiger partial charge in [-0.05, 0) is 12.5 Å². The molecule has 0 amide bonds. The second-order valence-electron chi connectivity index (χ2n) is 4.43. The van der Waals surface area contributed by atoms with Crippen LogP contribution in [0.5, 0.6) is 0 Å². The monoisotopic (exact) mass is 256 g/mol. The summed E-state index contributed by atoms with van der Waals surface area (Å²) in [5, 5.41) is 18.9. The van der Waals surface area contributed by atoms with Gasteiger partial charge in [0.1, 0.15) is 12.2 Å². The van der Waals surface area contributed by atoms with Gasteiger partial charge in [0.2, 0.25) is 0 Å². The van der Waals surface area contributed by atoms with Crippen LogP contribution in [-0.2, 0) is 16.1 Å². The zero-order chi connectivity index (χ0) is 13.1. The van der Waals surface area contributed by atoms with Crippen LogP contribution in [0.25, 0.3) is 0 Å². The zero-order valence-electron chi connectivity index (χ0n) is 10.1. The fourth-order valence-corrected chi connectivity index (χ4v) is 1.88. The first-order valence-corrected chi connectivity index (χ1v) is 5.91. The van der Waals surface area contributed by atoms with Gasteiger partial charge in [-0.25, -0.2) is 4.39 Å². The quantitative estimate of drug-likeness (QED) is 0.847. The van der Waals surface area contributed by atoms with Crippen molar-refractivity contribution < 1.29 is 24.1 Å². The van der Waals surface area contributed by atoms with E-state index in [0.717, 1.165) is 5.56 Å². The Bertz CT molecular complexity index is 373. The van der Waals surface area contributed by atoms with E-state index < -0.39 is 30.8 Å². The summed E-state index contributed by atoms with van der Waals surface area (Å²) < 4.78 is 24.2. The highest BCUT2D eigenvalue weighted by atomic mass is 19.1. The molecule has 5 unspecified atom stereocenters. The number of rotatable bonds is 3. The van der Waals surface area contributed by atoms with Gasteiger partial charge in [0, 0.05) is 0 Å². The van der Waals surface area contributed by atoms with Gasteiger partial charge in [0.05, 0.1) is 12.7 Å². The Morgan fingerprint density at radius 1 is 1.22 bits per heavy atom. The second kappa shape index (κ2) is 5.75. The Morgan fingerprint density at radius 3 is 2.56 bits per heavy atom. The molecule has 1 saturated heterocycles. The molecule has 0 saturated carbocycles. The van der Waals surface area contributed by atoms with E-state index in [0.29, 0.717) is 0 Å². The van der Waals surface area contributed by atoms with Gasteiger partial charge in [-0.2, -0.15) is 0 Å². The number of hydrogen-bond donors (Lipinski definition) is 2. The zero-order valence-corrected chi connectivity index (χ0v) is 10.1. The van der Waals surface area contributed by atoms with Crippen molar-refractivity contribution in [3.8, 4) is 0 Å². The summed E-state index contributed by atoms with van der Waals surface area (Å²) in [5.74, 6) is 0. The number of alkyl halides is 1. The lowest BCUT2D eigenvalue weighted by atomic mass is 10.0. The van der Waals surface area contributed by atoms with Crippen molar-refractivity contribution in [3.63, 3.8) is 0 Å². The predicted molar refractivity (Wildman–Crippen MR) is 62.5 cm³/mol. The molecule has 2 rings (SSSR count). The van der Waals surface area contributed by atoms with E-state index in [4.69, 9.17) is 9.47 Å². The van der Waals surface area contributed by atoms with Crippen LogP contribution in [0.4, 0.5) is 4.39 Å². The maximum Gasteiger partial charge on any atom is 0.192 e. The highest BCUT2D eigenvalue weighted by Gasteiger charge is 2.43. The van der Waals surface area contributed by atoms with Gasteiger partial charge >= 0.3 is 0 Å². The van der Waals surface area contributed by atoms with E-state index >= 15 is 0 Å². The third-order valence-corrected chi connectivity index (χ3v) is 3.02. The van der Waals surface area contributed by atoms with E-state index in [2.05, 4.69) is 0 Å². The largest absolute Gasteiger partial charge is 0.388 e. The van der Waals surface area contributed by atoms with Crippen LogP contribution < -0.4 is 0 Å². The minimum Gasteiger partial charge on any atom is -0.388 e. The molecule has 1 heterocycles. The molecule has 0 spiro atoms. The van der Waals surface area contributed by atoms with Crippen molar-refractivity contribution in [2.24, 2.45) is 0 Å². The summed E-state index contributed by atoms with van der Waals surface area (Å²) in [6.45, 7) is 1.76. The molecule has 1 aromatic rings. The van der Waals surface area contributed by atoms with E-state index in [1.807, 2.05) is 30.3 Å². The second-order valence-corrected chi connectivity index (χ2v) is 4.43. The number of aliphatic hydroxyl groups excluding tert-OH is 2. The van der Waals surface area contributed by atoms with Crippen LogP contribution in [0.3, 0.4) is 0 Å². The summed E-state index contributed by atoms with van der Waals surface area (Å²) >= 11 is 0. The third kappa shape index (κ3) is 2.87. The molecular weight excluding hydrogens is 239 g/mol. The smallest absolute Gasteiger partial charge is 0.192 e. The Kier molecular flexibility index (Phi) is 4.29. The lowest BCUT2D eigenvalue weighted by Crippen LogP contribution is -2.55. The van der Waals surface area contributed by atoms with E-state index in [9.17, 15) is 14.6 Å². The maximum absolute atomic E-state index is 13.7. The van der Waals surface area contributed by atoms with Gasteiger partial charge < -0.3 is 19.7 Å². The van der Waals surface area contributed by atoms with E-state index in [1.165, 1.54) is 0 Å². The number of ether oxygens (including phenoxy) is 2. The summed E-state index contributed by atoms with van der Waals surface area (Å²) in [4.78, 5) is 0. The summed E-state index contributed by atoms with van der Waals surface area (Å²) in [7, 11) is 0. The number of halogens is 1. The summed E-state index contributed by atoms with van der Waals surface area (Å²) in [6, 6.07) is 9.29. The Balaban J connectivity index is 1.93. The fourth-order valence-electron chi connectivity index (χ4n) is 1.88. The molecule has 1 aromatic carbocycles. The van der Waals surface area contributed by atoms with Crippen LogP contribution in [0.2, 0.25) is 0 Å². The van der Waals surface area contributed by atoms with Crippen LogP contribution in [0.15, 0.2) is 30.3 Å². The highest BCUT2D eigenvalue weighted by Crippen LogP contribution is 2.24. The molecule has 18 heavy (non-hydrogen) atoms. The number of hydrogen-bond acceptors (Lipinski definition) is 4. The van der Waals surface area contributed by atoms with E-state index in [1.54, 1.807) is 6.92 Å². The van der Waals surface area contributed by atoms with Crippen LogP contribution in [-0.4, -0.2) is 41.0 Å². The van der Waals surface area contributed by atoms with Gasteiger partial charge in [-0.15, -0.1) is 0 Å². The van der Waals surface area contributed by atoms with Crippen molar-refractivity contribution in [1.82, 2.24) is 0 Å². The van der Waals surface area contributed by atoms with Crippen molar-refractivity contribution in [2.45, 2.75) is 44.3 Å². The maximum atomic E-state index is 13.7. The van der Waals surface area contributed by atoms with Crippen molar-refractivity contribution >= 4 is 0 Å². The molecule has 1 aliphatic rings. The molecule has 0 aliphatic carbocycles. The lowest BCUT2D eigenvalue weighted by molar-refractivity contribution is -0.281. The molecule has 5 atom stereocenters. The molecule has 4 nitrogen and oxygen atoms in total. The van der Waals surface area contributed by atoms with Gasteiger partial charge in [0.25, 0.3) is 0 Å². The molecule has 100 valence electrons. The number of aliphatic hydroxyl groups is 2. The van der Waals surface area contributed by atoms with Crippen LogP contribution in [0.1, 0.15) is 12.5 Å². The van der Waals surface area contributed by atoms with Gasteiger partial charge in [0.15, 0.2) is 12.5 Å². The Hall–Kier alpha value is -1.01. The molecule has 0 bridgehead atoms. The first kappa shape index (κ1) is 13.4. The highest BCUT2D eigenvalue weighted by molar-refractivity contribution is 5.13. The minimum absolute atomic E-state index is 0.196. The lowest BCUT2D eigenvalue weighted by Gasteiger charge is -2.37. The first-order chi connectivity index (χ1) is 8.59. The third-order valence-electron chi connectivity index (χ3n) is 3.02. The molecule has 0 radical (unpaired) electrons. The molecular formula is C13H17FO4. The van der Waals surface area contributed by atoms with Crippen LogP contribution in [0, 0.1) is 0 Å². The summed E-state index contributed by atoms with van der Waals surface area (Å²) in [5.41, 5.74) is 0.890. The average Bonchev–Trinajstić information content (AvgIpc) is 2.40. The van der Waals surface area contributed by atoms with Gasteiger partial charge in [-0.1, -0.05) is 30.3 Å². The minimum atomic E-state index is -1.75. The average molecular weight is 256 g/mol. The SMILES string of the molecule is CC1OC(OCc2ccccc2)C(F)C(O)C1O. The van der Waals surface area contributed by atoms with Gasteiger partial charge in [-0.3, -0.25) is 0 Å².